The van der Waals surface area contributed by atoms with E-state index >= 15 is 0 Å². The van der Waals surface area contributed by atoms with Crippen molar-refractivity contribution in [1.29, 1.82) is 0 Å². The van der Waals surface area contributed by atoms with Gasteiger partial charge in [0.25, 0.3) is 0 Å². The van der Waals surface area contributed by atoms with Crippen molar-refractivity contribution in [2.75, 3.05) is 32.8 Å². The number of carbonyl (C=O) groups excluding carboxylic acids is 1. The second-order valence-electron chi connectivity index (χ2n) is 7.55. The SMILES string of the molecule is Cc1nonc1CN1CCC(N2CC(COc3ccc(F)cc3)OCC2=O)CC1. The fourth-order valence-corrected chi connectivity index (χ4v) is 3.81. The molecule has 0 saturated carbocycles. The van der Waals surface area contributed by atoms with Crippen LogP contribution in [0.5, 0.6) is 5.75 Å². The summed E-state index contributed by atoms with van der Waals surface area (Å²) in [5, 5.41) is 7.77. The van der Waals surface area contributed by atoms with Crippen LogP contribution >= 0.6 is 0 Å². The number of likely N-dealkylation sites (tertiary alicyclic amines) is 1. The summed E-state index contributed by atoms with van der Waals surface area (Å²) in [6.07, 6.45) is 1.61. The number of aryl methyl sites for hydroxylation is 1. The van der Waals surface area contributed by atoms with Gasteiger partial charge >= 0.3 is 0 Å². The van der Waals surface area contributed by atoms with Gasteiger partial charge in [0.05, 0.1) is 6.54 Å². The van der Waals surface area contributed by atoms with E-state index in [0.29, 0.717) is 25.4 Å². The van der Waals surface area contributed by atoms with Gasteiger partial charge in [-0.05, 0) is 44.0 Å². The van der Waals surface area contributed by atoms with Crippen molar-refractivity contribution in [3.8, 4) is 5.75 Å². The first-order chi connectivity index (χ1) is 14.1. The van der Waals surface area contributed by atoms with Gasteiger partial charge in [-0.1, -0.05) is 10.3 Å². The molecule has 2 aliphatic heterocycles. The van der Waals surface area contributed by atoms with Crippen molar-refractivity contribution >= 4 is 5.91 Å². The van der Waals surface area contributed by atoms with Crippen molar-refractivity contribution in [2.24, 2.45) is 0 Å². The first kappa shape index (κ1) is 19.8. The van der Waals surface area contributed by atoms with Crippen LogP contribution in [-0.4, -0.2) is 71.0 Å². The minimum absolute atomic E-state index is 0.0260. The predicted molar refractivity (Wildman–Crippen MR) is 101 cm³/mol. The van der Waals surface area contributed by atoms with E-state index in [1.807, 2.05) is 11.8 Å². The molecule has 0 N–H and O–H groups in total. The Kier molecular flexibility index (Phi) is 6.05. The lowest BCUT2D eigenvalue weighted by Crippen LogP contribution is -2.55. The highest BCUT2D eigenvalue weighted by molar-refractivity contribution is 5.78. The zero-order valence-corrected chi connectivity index (χ0v) is 16.4. The van der Waals surface area contributed by atoms with Gasteiger partial charge in [0.2, 0.25) is 5.91 Å². The van der Waals surface area contributed by atoms with Gasteiger partial charge in [-0.2, -0.15) is 0 Å². The normalized spacial score (nSPS) is 21.5. The third-order valence-corrected chi connectivity index (χ3v) is 5.53. The number of ether oxygens (including phenoxy) is 2. The predicted octanol–water partition coefficient (Wildman–Crippen LogP) is 1.79. The van der Waals surface area contributed by atoms with Crippen molar-refractivity contribution in [3.05, 3.63) is 41.5 Å². The van der Waals surface area contributed by atoms with Crippen LogP contribution in [0.15, 0.2) is 28.9 Å². The highest BCUT2D eigenvalue weighted by Gasteiger charge is 2.34. The monoisotopic (exact) mass is 404 g/mol. The molecule has 1 amide bonds. The van der Waals surface area contributed by atoms with Crippen molar-refractivity contribution in [1.82, 2.24) is 20.1 Å². The van der Waals surface area contributed by atoms with Crippen LogP contribution < -0.4 is 4.74 Å². The number of carbonyl (C=O) groups is 1. The van der Waals surface area contributed by atoms with Crippen LogP contribution in [-0.2, 0) is 16.1 Å². The highest BCUT2D eigenvalue weighted by Crippen LogP contribution is 2.22. The van der Waals surface area contributed by atoms with Crippen LogP contribution in [0, 0.1) is 12.7 Å². The van der Waals surface area contributed by atoms with E-state index in [9.17, 15) is 9.18 Å². The minimum Gasteiger partial charge on any atom is -0.491 e. The standard InChI is InChI=1S/C20H25FN4O4/c1-14-19(23-29-22-14)11-24-8-6-16(7-9-24)25-10-18(28-13-20(25)26)12-27-17-4-2-15(21)3-5-17/h2-5,16,18H,6-13H2,1H3. The largest absolute Gasteiger partial charge is 0.491 e. The van der Waals surface area contributed by atoms with E-state index in [1.165, 1.54) is 12.1 Å². The van der Waals surface area contributed by atoms with E-state index in [-0.39, 0.29) is 30.5 Å². The molecule has 1 aromatic carbocycles. The van der Waals surface area contributed by atoms with Crippen molar-refractivity contribution in [3.63, 3.8) is 0 Å². The Bertz CT molecular complexity index is 820. The Labute approximate surface area is 168 Å². The lowest BCUT2D eigenvalue weighted by Gasteiger charge is -2.42. The average Bonchev–Trinajstić information content (AvgIpc) is 3.14. The van der Waals surface area contributed by atoms with Crippen LogP contribution in [0.4, 0.5) is 4.39 Å². The maximum Gasteiger partial charge on any atom is 0.248 e. The number of piperidine rings is 1. The molecule has 8 nitrogen and oxygen atoms in total. The molecule has 9 heteroatoms. The lowest BCUT2D eigenvalue weighted by atomic mass is 10.0. The maximum absolute atomic E-state index is 13.0. The summed E-state index contributed by atoms with van der Waals surface area (Å²) in [4.78, 5) is 16.6. The van der Waals surface area contributed by atoms with E-state index in [1.54, 1.807) is 12.1 Å². The molecule has 29 heavy (non-hydrogen) atoms. The first-order valence-corrected chi connectivity index (χ1v) is 9.88. The van der Waals surface area contributed by atoms with Gasteiger partial charge in [0.15, 0.2) is 0 Å². The topological polar surface area (TPSA) is 80.9 Å². The quantitative estimate of drug-likeness (QED) is 0.726. The summed E-state index contributed by atoms with van der Waals surface area (Å²) in [7, 11) is 0. The van der Waals surface area contributed by atoms with Crippen molar-refractivity contribution in [2.45, 2.75) is 38.5 Å². The van der Waals surface area contributed by atoms with Crippen molar-refractivity contribution < 1.29 is 23.3 Å². The Morgan fingerprint density at radius 1 is 1.21 bits per heavy atom. The van der Waals surface area contributed by atoms with Gasteiger partial charge in [-0.15, -0.1) is 0 Å². The molecule has 0 spiro atoms. The third-order valence-electron chi connectivity index (χ3n) is 5.53. The molecular formula is C20H25FN4O4. The number of benzene rings is 1. The Hall–Kier alpha value is -2.52. The highest BCUT2D eigenvalue weighted by atomic mass is 19.1. The second kappa shape index (κ2) is 8.87. The number of nitrogens with zero attached hydrogens (tertiary/aromatic N) is 4. The molecule has 2 aromatic rings. The molecule has 3 heterocycles. The molecule has 0 radical (unpaired) electrons. The molecule has 2 saturated heterocycles. The molecule has 156 valence electrons. The van der Waals surface area contributed by atoms with E-state index in [2.05, 4.69) is 15.2 Å². The average molecular weight is 404 g/mol. The summed E-state index contributed by atoms with van der Waals surface area (Å²) in [6, 6.07) is 6.09. The molecule has 2 fully saturated rings. The number of amides is 1. The van der Waals surface area contributed by atoms with E-state index in [4.69, 9.17) is 14.1 Å². The van der Waals surface area contributed by atoms with Gasteiger partial charge in [0.1, 0.15) is 42.3 Å². The molecule has 0 aliphatic carbocycles. The first-order valence-electron chi connectivity index (χ1n) is 9.88. The third kappa shape index (κ3) is 4.91. The maximum atomic E-state index is 13.0. The van der Waals surface area contributed by atoms with Gasteiger partial charge in [-0.25, -0.2) is 9.02 Å². The Morgan fingerprint density at radius 3 is 2.66 bits per heavy atom. The number of rotatable bonds is 6. The molecule has 1 unspecified atom stereocenters. The Balaban J connectivity index is 1.27. The number of hydrogen-bond donors (Lipinski definition) is 0. The zero-order chi connectivity index (χ0) is 20.2. The van der Waals surface area contributed by atoms with Gasteiger partial charge in [-0.3, -0.25) is 9.69 Å². The summed E-state index contributed by atoms with van der Waals surface area (Å²) in [6.45, 7) is 5.29. The van der Waals surface area contributed by atoms with Crippen LogP contribution in [0.25, 0.3) is 0 Å². The number of aromatic nitrogens is 2. The minimum atomic E-state index is -0.302. The molecule has 0 bridgehead atoms. The number of hydrogen-bond acceptors (Lipinski definition) is 7. The second-order valence-corrected chi connectivity index (χ2v) is 7.55. The van der Waals surface area contributed by atoms with E-state index in [0.717, 1.165) is 37.3 Å². The van der Waals surface area contributed by atoms with Crippen LogP contribution in [0.1, 0.15) is 24.2 Å². The Morgan fingerprint density at radius 2 is 1.97 bits per heavy atom. The van der Waals surface area contributed by atoms with Crippen LogP contribution in [0.2, 0.25) is 0 Å². The zero-order valence-electron chi connectivity index (χ0n) is 16.4. The van der Waals surface area contributed by atoms with E-state index < -0.39 is 0 Å². The number of halogens is 1. The summed E-state index contributed by atoms with van der Waals surface area (Å²) < 4.78 is 29.1. The van der Waals surface area contributed by atoms with Gasteiger partial charge in [0, 0.05) is 25.7 Å². The fraction of sp³-hybridized carbons (Fsp3) is 0.550. The molecule has 1 aromatic heterocycles. The number of morpholine rings is 1. The van der Waals surface area contributed by atoms with Gasteiger partial charge < -0.3 is 14.4 Å². The molecule has 1 atom stereocenters. The smallest absolute Gasteiger partial charge is 0.248 e. The summed E-state index contributed by atoms with van der Waals surface area (Å²) >= 11 is 0. The lowest BCUT2D eigenvalue weighted by molar-refractivity contribution is -0.155. The molecule has 2 aliphatic rings. The molecule has 4 rings (SSSR count). The summed E-state index contributed by atoms with van der Waals surface area (Å²) in [5.74, 6) is 0.312. The fourth-order valence-electron chi connectivity index (χ4n) is 3.81. The summed E-state index contributed by atoms with van der Waals surface area (Å²) in [5.41, 5.74) is 1.68. The van der Waals surface area contributed by atoms with Crippen LogP contribution in [0.3, 0.4) is 0 Å². The molecular weight excluding hydrogens is 379 g/mol.